The molecule has 1 aromatic rings. The Balaban J connectivity index is 2.39. The van der Waals surface area contributed by atoms with E-state index in [-0.39, 0.29) is 23.5 Å². The summed E-state index contributed by atoms with van der Waals surface area (Å²) in [5, 5.41) is 3.64. The summed E-state index contributed by atoms with van der Waals surface area (Å²) in [7, 11) is 1.95. The zero-order valence-corrected chi connectivity index (χ0v) is 13.9. The van der Waals surface area contributed by atoms with Crippen LogP contribution in [0, 0.1) is 5.92 Å². The summed E-state index contributed by atoms with van der Waals surface area (Å²) in [5.74, 6) is 1.46. The van der Waals surface area contributed by atoms with Crippen molar-refractivity contribution < 1.29 is 17.9 Å². The molecule has 1 aliphatic heterocycles. The number of rotatable bonds is 5. The molecule has 2 rings (SSSR count). The molecule has 0 amide bonds. The first-order chi connectivity index (χ1) is 9.93. The van der Waals surface area contributed by atoms with Gasteiger partial charge < -0.3 is 14.8 Å². The van der Waals surface area contributed by atoms with Crippen LogP contribution < -0.4 is 14.8 Å². The standard InChI is InChI=1S/C14H20ClNO4S/c1-16-13(9-6-7-21(17,18)8-9)10-4-5-11(19-2)14(20-3)12(10)15/h4-5,9,13,16H,6-8H2,1-3H3. The predicted octanol–water partition coefficient (Wildman–Crippen LogP) is 2.05. The van der Waals surface area contributed by atoms with Crippen LogP contribution in [-0.2, 0) is 9.84 Å². The maximum Gasteiger partial charge on any atom is 0.179 e. The van der Waals surface area contributed by atoms with Crippen molar-refractivity contribution in [1.29, 1.82) is 0 Å². The van der Waals surface area contributed by atoms with Gasteiger partial charge in [0.1, 0.15) is 0 Å². The van der Waals surface area contributed by atoms with Crippen molar-refractivity contribution in [1.82, 2.24) is 5.32 Å². The Morgan fingerprint density at radius 2 is 2.05 bits per heavy atom. The van der Waals surface area contributed by atoms with E-state index in [0.717, 1.165) is 5.56 Å². The fraction of sp³-hybridized carbons (Fsp3) is 0.571. The summed E-state index contributed by atoms with van der Waals surface area (Å²) >= 11 is 6.42. The number of nitrogens with one attached hydrogen (secondary N) is 1. The van der Waals surface area contributed by atoms with Crippen LogP contribution in [0.3, 0.4) is 0 Å². The number of methoxy groups -OCH3 is 2. The maximum absolute atomic E-state index is 11.7. The van der Waals surface area contributed by atoms with Crippen LogP contribution in [0.5, 0.6) is 11.5 Å². The molecule has 0 saturated carbocycles. The zero-order valence-electron chi connectivity index (χ0n) is 12.3. The second-order valence-electron chi connectivity index (χ2n) is 5.13. The topological polar surface area (TPSA) is 64.6 Å². The molecular formula is C14H20ClNO4S. The van der Waals surface area contributed by atoms with E-state index in [1.54, 1.807) is 13.2 Å². The second kappa shape index (κ2) is 6.42. The third kappa shape index (κ3) is 3.27. The van der Waals surface area contributed by atoms with Crippen LogP contribution in [-0.4, -0.2) is 41.2 Å². The molecule has 0 spiro atoms. The van der Waals surface area contributed by atoms with Gasteiger partial charge in [-0.25, -0.2) is 8.42 Å². The van der Waals surface area contributed by atoms with Gasteiger partial charge in [-0.2, -0.15) is 0 Å². The first-order valence-electron chi connectivity index (χ1n) is 6.71. The lowest BCUT2D eigenvalue weighted by molar-refractivity contribution is 0.352. The summed E-state index contributed by atoms with van der Waals surface area (Å²) in [6.07, 6.45) is 0.637. The van der Waals surface area contributed by atoms with Crippen LogP contribution in [0.25, 0.3) is 0 Å². The van der Waals surface area contributed by atoms with Gasteiger partial charge in [0.25, 0.3) is 0 Å². The largest absolute Gasteiger partial charge is 0.493 e. The fourth-order valence-electron chi connectivity index (χ4n) is 2.88. The lowest BCUT2D eigenvalue weighted by atomic mass is 9.92. The van der Waals surface area contributed by atoms with Crippen molar-refractivity contribution in [2.24, 2.45) is 5.92 Å². The van der Waals surface area contributed by atoms with Gasteiger partial charge in [0.15, 0.2) is 21.3 Å². The predicted molar refractivity (Wildman–Crippen MR) is 83.1 cm³/mol. The van der Waals surface area contributed by atoms with Crippen molar-refractivity contribution in [2.45, 2.75) is 12.5 Å². The Labute approximate surface area is 130 Å². The molecule has 0 bridgehead atoms. The van der Waals surface area contributed by atoms with E-state index in [1.807, 2.05) is 13.1 Å². The third-order valence-electron chi connectivity index (χ3n) is 3.90. The Morgan fingerprint density at radius 1 is 1.33 bits per heavy atom. The molecule has 1 aliphatic rings. The lowest BCUT2D eigenvalue weighted by Crippen LogP contribution is -2.26. The molecule has 1 aromatic carbocycles. The summed E-state index contributed by atoms with van der Waals surface area (Å²) in [5.41, 5.74) is 0.832. The number of ether oxygens (including phenoxy) is 2. The van der Waals surface area contributed by atoms with E-state index in [1.165, 1.54) is 7.11 Å². The molecule has 2 unspecified atom stereocenters. The van der Waals surface area contributed by atoms with Gasteiger partial charge in [0.2, 0.25) is 0 Å². The van der Waals surface area contributed by atoms with Crippen molar-refractivity contribution in [2.75, 3.05) is 32.8 Å². The molecule has 0 aromatic heterocycles. The van der Waals surface area contributed by atoms with E-state index in [4.69, 9.17) is 21.1 Å². The highest BCUT2D eigenvalue weighted by Crippen LogP contribution is 2.42. The SMILES string of the molecule is CNC(c1ccc(OC)c(OC)c1Cl)C1CCS(=O)(=O)C1. The molecule has 1 N–H and O–H groups in total. The van der Waals surface area contributed by atoms with E-state index in [2.05, 4.69) is 5.32 Å². The first-order valence-corrected chi connectivity index (χ1v) is 8.91. The molecule has 1 fully saturated rings. The van der Waals surface area contributed by atoms with Crippen LogP contribution in [0.4, 0.5) is 0 Å². The molecule has 118 valence electrons. The van der Waals surface area contributed by atoms with Crippen LogP contribution in [0.1, 0.15) is 18.0 Å². The van der Waals surface area contributed by atoms with Crippen molar-refractivity contribution >= 4 is 21.4 Å². The molecule has 0 aliphatic carbocycles. The van der Waals surface area contributed by atoms with Crippen molar-refractivity contribution in [3.63, 3.8) is 0 Å². The van der Waals surface area contributed by atoms with Gasteiger partial charge in [-0.05, 0) is 31.0 Å². The minimum absolute atomic E-state index is 0.00982. The van der Waals surface area contributed by atoms with Crippen LogP contribution in [0.15, 0.2) is 12.1 Å². The van der Waals surface area contributed by atoms with Gasteiger partial charge in [-0.15, -0.1) is 0 Å². The molecule has 2 atom stereocenters. The monoisotopic (exact) mass is 333 g/mol. The molecule has 1 heterocycles. The summed E-state index contributed by atoms with van der Waals surface area (Å²) in [4.78, 5) is 0. The van der Waals surface area contributed by atoms with Gasteiger partial charge in [0.05, 0.1) is 30.7 Å². The summed E-state index contributed by atoms with van der Waals surface area (Å²) < 4.78 is 33.9. The first kappa shape index (κ1) is 16.4. The van der Waals surface area contributed by atoms with Crippen molar-refractivity contribution in [3.05, 3.63) is 22.7 Å². The highest BCUT2D eigenvalue weighted by Gasteiger charge is 2.35. The third-order valence-corrected chi connectivity index (χ3v) is 6.08. The smallest absolute Gasteiger partial charge is 0.179 e. The molecule has 21 heavy (non-hydrogen) atoms. The quantitative estimate of drug-likeness (QED) is 0.893. The van der Waals surface area contributed by atoms with E-state index in [9.17, 15) is 8.42 Å². The molecule has 7 heteroatoms. The lowest BCUT2D eigenvalue weighted by Gasteiger charge is -2.25. The van der Waals surface area contributed by atoms with Gasteiger partial charge >= 0.3 is 0 Å². The van der Waals surface area contributed by atoms with Gasteiger partial charge in [0, 0.05) is 6.04 Å². The van der Waals surface area contributed by atoms with Crippen LogP contribution in [0.2, 0.25) is 5.02 Å². The maximum atomic E-state index is 11.7. The second-order valence-corrected chi connectivity index (χ2v) is 7.74. The number of hydrogen-bond donors (Lipinski definition) is 1. The summed E-state index contributed by atoms with van der Waals surface area (Å²) in [6, 6.07) is 3.51. The van der Waals surface area contributed by atoms with E-state index < -0.39 is 9.84 Å². The highest BCUT2D eigenvalue weighted by atomic mass is 35.5. The summed E-state index contributed by atoms with van der Waals surface area (Å²) in [6.45, 7) is 0. The molecule has 5 nitrogen and oxygen atoms in total. The van der Waals surface area contributed by atoms with E-state index >= 15 is 0 Å². The Kier molecular flexibility index (Phi) is 5.01. The fourth-order valence-corrected chi connectivity index (χ4v) is 5.07. The average Bonchev–Trinajstić information content (AvgIpc) is 2.81. The number of halogens is 1. The van der Waals surface area contributed by atoms with Gasteiger partial charge in [-0.3, -0.25) is 0 Å². The number of sulfone groups is 1. The van der Waals surface area contributed by atoms with Crippen LogP contribution >= 0.6 is 11.6 Å². The Hall–Kier alpha value is -0.980. The van der Waals surface area contributed by atoms with Gasteiger partial charge in [-0.1, -0.05) is 17.7 Å². The Bertz CT molecular complexity index is 618. The van der Waals surface area contributed by atoms with E-state index in [0.29, 0.717) is 22.9 Å². The average molecular weight is 334 g/mol. The zero-order chi connectivity index (χ0) is 15.6. The number of hydrogen-bond acceptors (Lipinski definition) is 5. The number of benzene rings is 1. The minimum atomic E-state index is -2.94. The molecule has 0 radical (unpaired) electrons. The molecular weight excluding hydrogens is 314 g/mol. The minimum Gasteiger partial charge on any atom is -0.493 e. The highest BCUT2D eigenvalue weighted by molar-refractivity contribution is 7.91. The normalized spacial score (nSPS) is 22.0. The Morgan fingerprint density at radius 3 is 2.52 bits per heavy atom. The van der Waals surface area contributed by atoms with Crippen molar-refractivity contribution in [3.8, 4) is 11.5 Å². The molecule has 1 saturated heterocycles.